The molecule has 0 aliphatic rings. The second kappa shape index (κ2) is 5.71. The van der Waals surface area contributed by atoms with Gasteiger partial charge in [-0.1, -0.05) is 11.6 Å². The van der Waals surface area contributed by atoms with Crippen LogP contribution in [-0.2, 0) is 4.74 Å². The Morgan fingerprint density at radius 2 is 2.07 bits per heavy atom. The SMILES string of the molecule is CC(F)CCOC(=O)c1ccc(Cl)cc1. The van der Waals surface area contributed by atoms with Crippen molar-refractivity contribution in [1.29, 1.82) is 0 Å². The topological polar surface area (TPSA) is 26.3 Å². The zero-order valence-corrected chi connectivity index (χ0v) is 9.13. The molecule has 0 fully saturated rings. The van der Waals surface area contributed by atoms with E-state index in [2.05, 4.69) is 0 Å². The highest BCUT2D eigenvalue weighted by atomic mass is 35.5. The van der Waals surface area contributed by atoms with Gasteiger partial charge in [0, 0.05) is 11.4 Å². The number of carbonyl (C=O) groups is 1. The van der Waals surface area contributed by atoms with Crippen LogP contribution in [0.25, 0.3) is 0 Å². The van der Waals surface area contributed by atoms with Crippen LogP contribution in [0.2, 0.25) is 5.02 Å². The standard InChI is InChI=1S/C11H12ClFO2/c1-8(13)6-7-15-11(14)9-2-4-10(12)5-3-9/h2-5,8H,6-7H2,1H3. The summed E-state index contributed by atoms with van der Waals surface area (Å²) >= 11 is 5.66. The molecule has 1 unspecified atom stereocenters. The van der Waals surface area contributed by atoms with Crippen molar-refractivity contribution in [3.63, 3.8) is 0 Å². The van der Waals surface area contributed by atoms with Gasteiger partial charge in [0.2, 0.25) is 0 Å². The van der Waals surface area contributed by atoms with E-state index in [0.717, 1.165) is 0 Å². The lowest BCUT2D eigenvalue weighted by atomic mass is 10.2. The average molecular weight is 231 g/mol. The maximum Gasteiger partial charge on any atom is 0.338 e. The molecule has 4 heteroatoms. The van der Waals surface area contributed by atoms with E-state index in [1.54, 1.807) is 24.3 Å². The maximum atomic E-state index is 12.4. The molecule has 0 spiro atoms. The number of rotatable bonds is 4. The Bertz CT molecular complexity index is 322. The Morgan fingerprint density at radius 1 is 1.47 bits per heavy atom. The molecule has 0 aliphatic heterocycles. The van der Waals surface area contributed by atoms with Crippen LogP contribution in [-0.4, -0.2) is 18.7 Å². The van der Waals surface area contributed by atoms with E-state index in [-0.39, 0.29) is 13.0 Å². The number of benzene rings is 1. The van der Waals surface area contributed by atoms with Gasteiger partial charge in [-0.2, -0.15) is 0 Å². The van der Waals surface area contributed by atoms with Gasteiger partial charge in [-0.3, -0.25) is 0 Å². The van der Waals surface area contributed by atoms with Gasteiger partial charge in [0.15, 0.2) is 0 Å². The Labute approximate surface area is 93.0 Å². The predicted molar refractivity (Wildman–Crippen MR) is 56.9 cm³/mol. The molecule has 0 aliphatic carbocycles. The van der Waals surface area contributed by atoms with Crippen LogP contribution in [0.3, 0.4) is 0 Å². The highest BCUT2D eigenvalue weighted by Crippen LogP contribution is 2.10. The molecule has 0 radical (unpaired) electrons. The van der Waals surface area contributed by atoms with E-state index in [1.165, 1.54) is 6.92 Å². The van der Waals surface area contributed by atoms with E-state index in [1.807, 2.05) is 0 Å². The number of esters is 1. The van der Waals surface area contributed by atoms with Crippen molar-refractivity contribution in [3.8, 4) is 0 Å². The van der Waals surface area contributed by atoms with Gasteiger partial charge in [0.05, 0.1) is 12.2 Å². The monoisotopic (exact) mass is 230 g/mol. The van der Waals surface area contributed by atoms with Crippen molar-refractivity contribution in [3.05, 3.63) is 34.9 Å². The lowest BCUT2D eigenvalue weighted by Crippen LogP contribution is -2.08. The predicted octanol–water partition coefficient (Wildman–Crippen LogP) is 3.24. The summed E-state index contributed by atoms with van der Waals surface area (Å²) < 4.78 is 17.3. The summed E-state index contributed by atoms with van der Waals surface area (Å²) in [5.41, 5.74) is 0.422. The third-order valence-corrected chi connectivity index (χ3v) is 2.08. The normalized spacial score (nSPS) is 12.2. The van der Waals surface area contributed by atoms with Gasteiger partial charge < -0.3 is 4.74 Å². The fourth-order valence-corrected chi connectivity index (χ4v) is 1.11. The number of hydrogen-bond acceptors (Lipinski definition) is 2. The Hall–Kier alpha value is -1.09. The summed E-state index contributed by atoms with van der Waals surface area (Å²) in [6.45, 7) is 1.52. The van der Waals surface area contributed by atoms with Crippen molar-refractivity contribution >= 4 is 17.6 Å². The summed E-state index contributed by atoms with van der Waals surface area (Å²) in [6, 6.07) is 6.36. The molecule has 0 aromatic heterocycles. The fraction of sp³-hybridized carbons (Fsp3) is 0.364. The van der Waals surface area contributed by atoms with Gasteiger partial charge >= 0.3 is 5.97 Å². The molecule has 82 valence electrons. The molecule has 0 heterocycles. The molecule has 1 atom stereocenters. The van der Waals surface area contributed by atoms with E-state index >= 15 is 0 Å². The summed E-state index contributed by atoms with van der Waals surface area (Å²) in [5, 5.41) is 0.559. The van der Waals surface area contributed by atoms with Crippen molar-refractivity contribution in [2.24, 2.45) is 0 Å². The van der Waals surface area contributed by atoms with Crippen molar-refractivity contribution < 1.29 is 13.9 Å². The number of carbonyl (C=O) groups excluding carboxylic acids is 1. The van der Waals surface area contributed by atoms with Gasteiger partial charge in [-0.15, -0.1) is 0 Å². The Kier molecular flexibility index (Phi) is 4.56. The molecular formula is C11H12ClFO2. The third-order valence-electron chi connectivity index (χ3n) is 1.83. The molecular weight excluding hydrogens is 219 g/mol. The minimum atomic E-state index is -0.956. The Morgan fingerprint density at radius 3 is 2.60 bits per heavy atom. The number of alkyl halides is 1. The van der Waals surface area contributed by atoms with Crippen LogP contribution in [0.1, 0.15) is 23.7 Å². The van der Waals surface area contributed by atoms with Crippen molar-refractivity contribution in [1.82, 2.24) is 0 Å². The summed E-state index contributed by atoms with van der Waals surface area (Å²) in [7, 11) is 0. The van der Waals surface area contributed by atoms with Crippen molar-refractivity contribution in [2.45, 2.75) is 19.5 Å². The highest BCUT2D eigenvalue weighted by molar-refractivity contribution is 6.30. The minimum absolute atomic E-state index is 0.0964. The minimum Gasteiger partial charge on any atom is -0.462 e. The first-order valence-corrected chi connectivity index (χ1v) is 5.04. The van der Waals surface area contributed by atoms with Gasteiger partial charge in [-0.05, 0) is 31.2 Å². The first kappa shape index (κ1) is 12.0. The first-order valence-electron chi connectivity index (χ1n) is 4.66. The van der Waals surface area contributed by atoms with E-state index in [0.29, 0.717) is 10.6 Å². The first-order chi connectivity index (χ1) is 7.09. The molecule has 0 saturated heterocycles. The molecule has 0 bridgehead atoms. The molecule has 15 heavy (non-hydrogen) atoms. The molecule has 0 amide bonds. The van der Waals surface area contributed by atoms with Gasteiger partial charge in [0.25, 0.3) is 0 Å². The van der Waals surface area contributed by atoms with Crippen LogP contribution in [0, 0.1) is 0 Å². The largest absolute Gasteiger partial charge is 0.462 e. The van der Waals surface area contributed by atoms with Crippen LogP contribution in [0.5, 0.6) is 0 Å². The zero-order chi connectivity index (χ0) is 11.3. The van der Waals surface area contributed by atoms with Crippen LogP contribution < -0.4 is 0 Å². The number of hydrogen-bond donors (Lipinski definition) is 0. The van der Waals surface area contributed by atoms with Crippen LogP contribution >= 0.6 is 11.6 Å². The molecule has 1 aromatic rings. The van der Waals surface area contributed by atoms with Gasteiger partial charge in [-0.25, -0.2) is 9.18 Å². The average Bonchev–Trinajstić information content (AvgIpc) is 2.18. The zero-order valence-electron chi connectivity index (χ0n) is 8.37. The van der Waals surface area contributed by atoms with Gasteiger partial charge in [0.1, 0.15) is 6.17 Å². The second-order valence-electron chi connectivity index (χ2n) is 3.21. The summed E-state index contributed by atoms with van der Waals surface area (Å²) in [6.07, 6.45) is -0.734. The lowest BCUT2D eigenvalue weighted by molar-refractivity contribution is 0.0478. The quantitative estimate of drug-likeness (QED) is 0.743. The smallest absolute Gasteiger partial charge is 0.338 e. The van der Waals surface area contributed by atoms with E-state index < -0.39 is 12.1 Å². The molecule has 2 nitrogen and oxygen atoms in total. The molecule has 0 saturated carbocycles. The van der Waals surface area contributed by atoms with Crippen LogP contribution in [0.15, 0.2) is 24.3 Å². The molecule has 1 aromatic carbocycles. The van der Waals surface area contributed by atoms with Crippen LogP contribution in [0.4, 0.5) is 4.39 Å². The Balaban J connectivity index is 2.43. The number of ether oxygens (including phenoxy) is 1. The maximum absolute atomic E-state index is 12.4. The summed E-state index contributed by atoms with van der Waals surface area (Å²) in [4.78, 5) is 11.3. The molecule has 1 rings (SSSR count). The van der Waals surface area contributed by atoms with Crippen molar-refractivity contribution in [2.75, 3.05) is 6.61 Å². The van der Waals surface area contributed by atoms with E-state index in [4.69, 9.17) is 16.3 Å². The lowest BCUT2D eigenvalue weighted by Gasteiger charge is -2.05. The molecule has 0 N–H and O–H groups in total. The summed E-state index contributed by atoms with van der Waals surface area (Å²) in [5.74, 6) is -0.452. The third kappa shape index (κ3) is 4.30. The van der Waals surface area contributed by atoms with E-state index in [9.17, 15) is 9.18 Å². The second-order valence-corrected chi connectivity index (χ2v) is 3.65. The highest BCUT2D eigenvalue weighted by Gasteiger charge is 2.07. The number of halogens is 2. The fourth-order valence-electron chi connectivity index (χ4n) is 0.983.